The summed E-state index contributed by atoms with van der Waals surface area (Å²) in [5, 5.41) is 2.85. The highest BCUT2D eigenvalue weighted by atomic mass is 32.2. The molecule has 2 fully saturated rings. The molecule has 0 saturated heterocycles. The zero-order valence-corrected chi connectivity index (χ0v) is 17.9. The fourth-order valence-corrected chi connectivity index (χ4v) is 5.04. The molecule has 1 aromatic carbocycles. The number of ether oxygens (including phenoxy) is 1. The number of hydrogen-bond donors (Lipinski definition) is 2. The van der Waals surface area contributed by atoms with E-state index in [2.05, 4.69) is 17.0 Å². The molecule has 2 N–H and O–H groups in total. The maximum absolute atomic E-state index is 12.9. The van der Waals surface area contributed by atoms with Gasteiger partial charge in [0.1, 0.15) is 5.54 Å². The Morgan fingerprint density at radius 1 is 1.14 bits per heavy atom. The van der Waals surface area contributed by atoms with E-state index in [4.69, 9.17) is 4.74 Å². The molecule has 0 heterocycles. The quantitative estimate of drug-likeness (QED) is 0.627. The van der Waals surface area contributed by atoms with Crippen molar-refractivity contribution in [1.29, 1.82) is 0 Å². The molecule has 1 amide bonds. The molecule has 7 nitrogen and oxygen atoms in total. The number of hydrogen-bond acceptors (Lipinski definition) is 5. The van der Waals surface area contributed by atoms with Crippen LogP contribution in [0.3, 0.4) is 0 Å². The van der Waals surface area contributed by atoms with Gasteiger partial charge in [0.15, 0.2) is 0 Å². The van der Waals surface area contributed by atoms with Crippen molar-refractivity contribution in [2.24, 2.45) is 11.8 Å². The van der Waals surface area contributed by atoms with Gasteiger partial charge in [0.25, 0.3) is 5.91 Å². The van der Waals surface area contributed by atoms with Gasteiger partial charge < -0.3 is 10.1 Å². The Kier molecular flexibility index (Phi) is 6.63. The molecule has 8 heteroatoms. The topological polar surface area (TPSA) is 102 Å². The second kappa shape index (κ2) is 8.83. The van der Waals surface area contributed by atoms with Crippen LogP contribution in [0.25, 0.3) is 0 Å². The summed E-state index contributed by atoms with van der Waals surface area (Å²) in [4.78, 5) is 25.4. The standard InChI is InChI=1S/C21H30N2O5S/c1-3-15-9-11-21(12-10-15,20(25)28-2)23-19(24)17-5-4-6-18(13-17)29(26,27)22-14-16-7-8-16/h4-6,13,15-16,22H,3,7-12,14H2,1-2H3,(H,23,24). The lowest BCUT2D eigenvalue weighted by Crippen LogP contribution is -2.56. The van der Waals surface area contributed by atoms with E-state index < -0.39 is 27.4 Å². The molecular formula is C21H30N2O5S. The van der Waals surface area contributed by atoms with Gasteiger partial charge in [-0.2, -0.15) is 0 Å². The molecule has 0 radical (unpaired) electrons. The van der Waals surface area contributed by atoms with Crippen LogP contribution in [-0.4, -0.2) is 39.5 Å². The molecule has 160 valence electrons. The van der Waals surface area contributed by atoms with Crippen LogP contribution >= 0.6 is 0 Å². The summed E-state index contributed by atoms with van der Waals surface area (Å²) in [6, 6.07) is 5.92. The smallest absolute Gasteiger partial charge is 0.331 e. The van der Waals surface area contributed by atoms with Crippen molar-refractivity contribution in [2.75, 3.05) is 13.7 Å². The van der Waals surface area contributed by atoms with Crippen molar-refractivity contribution in [3.8, 4) is 0 Å². The predicted molar refractivity (Wildman–Crippen MR) is 109 cm³/mol. The normalized spacial score (nSPS) is 24.7. The van der Waals surface area contributed by atoms with Crippen molar-refractivity contribution in [3.63, 3.8) is 0 Å². The maximum Gasteiger partial charge on any atom is 0.331 e. The molecule has 3 rings (SSSR count). The first-order valence-electron chi connectivity index (χ1n) is 10.3. The second-order valence-corrected chi connectivity index (χ2v) is 9.97. The minimum Gasteiger partial charge on any atom is -0.467 e. The van der Waals surface area contributed by atoms with Crippen LogP contribution < -0.4 is 10.0 Å². The summed E-state index contributed by atoms with van der Waals surface area (Å²) in [6.07, 6.45) is 5.84. The van der Waals surface area contributed by atoms with Gasteiger partial charge >= 0.3 is 5.97 Å². The second-order valence-electron chi connectivity index (χ2n) is 8.20. The Morgan fingerprint density at radius 2 is 1.83 bits per heavy atom. The summed E-state index contributed by atoms with van der Waals surface area (Å²) in [7, 11) is -2.35. The molecule has 0 spiro atoms. The Bertz CT molecular complexity index is 856. The number of sulfonamides is 1. The molecule has 2 aliphatic rings. The largest absolute Gasteiger partial charge is 0.467 e. The van der Waals surface area contributed by atoms with Gasteiger partial charge in [-0.3, -0.25) is 4.79 Å². The molecule has 1 aromatic rings. The Hall–Kier alpha value is -1.93. The monoisotopic (exact) mass is 422 g/mol. The molecule has 0 bridgehead atoms. The summed E-state index contributed by atoms with van der Waals surface area (Å²) < 4.78 is 32.6. The average Bonchev–Trinajstić information content (AvgIpc) is 3.57. The molecule has 0 aromatic heterocycles. The fraction of sp³-hybridized carbons (Fsp3) is 0.619. The van der Waals surface area contributed by atoms with E-state index in [0.717, 1.165) is 32.1 Å². The highest BCUT2D eigenvalue weighted by molar-refractivity contribution is 7.89. The number of carbonyl (C=O) groups excluding carboxylic acids is 2. The van der Waals surface area contributed by atoms with Crippen molar-refractivity contribution in [1.82, 2.24) is 10.0 Å². The predicted octanol–water partition coefficient (Wildman–Crippen LogP) is 2.62. The maximum atomic E-state index is 12.9. The van der Waals surface area contributed by atoms with E-state index in [1.54, 1.807) is 12.1 Å². The molecule has 0 atom stereocenters. The van der Waals surface area contributed by atoms with Crippen molar-refractivity contribution in [2.45, 2.75) is 62.3 Å². The number of methoxy groups -OCH3 is 1. The van der Waals surface area contributed by atoms with Crippen LogP contribution in [0.15, 0.2) is 29.2 Å². The number of benzene rings is 1. The average molecular weight is 423 g/mol. The fourth-order valence-electron chi connectivity index (χ4n) is 3.88. The first-order chi connectivity index (χ1) is 13.8. The summed E-state index contributed by atoms with van der Waals surface area (Å²) >= 11 is 0. The SMILES string of the molecule is CCC1CCC(NC(=O)c2cccc(S(=O)(=O)NCC3CC3)c2)(C(=O)OC)CC1. The highest BCUT2D eigenvalue weighted by Gasteiger charge is 2.44. The minimum atomic E-state index is -3.67. The number of rotatable bonds is 8. The summed E-state index contributed by atoms with van der Waals surface area (Å²) in [5.41, 5.74) is -0.850. The van der Waals surface area contributed by atoms with Gasteiger partial charge in [-0.25, -0.2) is 17.9 Å². The molecular weight excluding hydrogens is 392 g/mol. The van der Waals surface area contributed by atoms with Crippen molar-refractivity contribution < 1.29 is 22.7 Å². The van der Waals surface area contributed by atoms with E-state index >= 15 is 0 Å². The van der Waals surface area contributed by atoms with E-state index in [-0.39, 0.29) is 10.5 Å². The Morgan fingerprint density at radius 3 is 2.41 bits per heavy atom. The van der Waals surface area contributed by atoms with E-state index in [0.29, 0.717) is 31.2 Å². The molecule has 0 unspecified atom stereocenters. The Labute approximate surface area is 172 Å². The first-order valence-corrected chi connectivity index (χ1v) is 11.8. The van der Waals surface area contributed by atoms with Gasteiger partial charge in [0.2, 0.25) is 10.0 Å². The van der Waals surface area contributed by atoms with Crippen molar-refractivity contribution >= 4 is 21.9 Å². The van der Waals surface area contributed by atoms with Crippen LogP contribution in [0.4, 0.5) is 0 Å². The van der Waals surface area contributed by atoms with Crippen LogP contribution in [0, 0.1) is 11.8 Å². The number of amides is 1. The molecule has 29 heavy (non-hydrogen) atoms. The van der Waals surface area contributed by atoms with Gasteiger partial charge in [-0.05, 0) is 68.6 Å². The number of esters is 1. The third-order valence-electron chi connectivity index (χ3n) is 6.13. The number of nitrogens with one attached hydrogen (secondary N) is 2. The Balaban J connectivity index is 1.75. The molecule has 0 aliphatic heterocycles. The van der Waals surface area contributed by atoms with E-state index in [9.17, 15) is 18.0 Å². The number of carbonyl (C=O) groups is 2. The highest BCUT2D eigenvalue weighted by Crippen LogP contribution is 2.35. The first kappa shape index (κ1) is 21.8. The lowest BCUT2D eigenvalue weighted by molar-refractivity contribution is -0.150. The zero-order valence-electron chi connectivity index (χ0n) is 17.1. The van der Waals surface area contributed by atoms with E-state index in [1.165, 1.54) is 19.2 Å². The van der Waals surface area contributed by atoms with Crippen LogP contribution in [0.2, 0.25) is 0 Å². The van der Waals surface area contributed by atoms with Gasteiger partial charge in [-0.15, -0.1) is 0 Å². The zero-order chi connectivity index (χ0) is 21.1. The van der Waals surface area contributed by atoms with Gasteiger partial charge in [-0.1, -0.05) is 19.4 Å². The van der Waals surface area contributed by atoms with Gasteiger partial charge in [0, 0.05) is 12.1 Å². The lowest BCUT2D eigenvalue weighted by atomic mass is 9.75. The van der Waals surface area contributed by atoms with Crippen LogP contribution in [0.5, 0.6) is 0 Å². The minimum absolute atomic E-state index is 0.0487. The lowest BCUT2D eigenvalue weighted by Gasteiger charge is -2.38. The third kappa shape index (κ3) is 5.17. The third-order valence-corrected chi connectivity index (χ3v) is 7.55. The summed E-state index contributed by atoms with van der Waals surface area (Å²) in [6.45, 7) is 2.54. The molecule has 2 aliphatic carbocycles. The van der Waals surface area contributed by atoms with Gasteiger partial charge in [0.05, 0.1) is 12.0 Å². The summed E-state index contributed by atoms with van der Waals surface area (Å²) in [5.74, 6) is 0.0324. The van der Waals surface area contributed by atoms with Crippen molar-refractivity contribution in [3.05, 3.63) is 29.8 Å². The van der Waals surface area contributed by atoms with Crippen LogP contribution in [-0.2, 0) is 19.6 Å². The van der Waals surface area contributed by atoms with E-state index in [1.807, 2.05) is 0 Å². The molecule has 2 saturated carbocycles. The van der Waals surface area contributed by atoms with Crippen LogP contribution in [0.1, 0.15) is 62.2 Å².